The van der Waals surface area contributed by atoms with E-state index in [1.54, 1.807) is 41.3 Å². The molecule has 4 rings (SSSR count). The molecule has 2 N–H and O–H groups in total. The third-order valence-corrected chi connectivity index (χ3v) is 6.83. The molecule has 2 aromatic carbocycles. The monoisotopic (exact) mass is 523 g/mol. The van der Waals surface area contributed by atoms with Gasteiger partial charge in [0.25, 0.3) is 11.6 Å². The second-order valence-electron chi connectivity index (χ2n) is 7.69. The molecular weight excluding hydrogens is 502 g/mol. The number of carbonyl (C=O) groups excluding carboxylic acids is 2. The van der Waals surface area contributed by atoms with Crippen molar-refractivity contribution in [2.45, 2.75) is 18.6 Å². The van der Waals surface area contributed by atoms with Gasteiger partial charge in [0.1, 0.15) is 0 Å². The molecule has 0 unspecified atom stereocenters. The van der Waals surface area contributed by atoms with Gasteiger partial charge in [-0.05, 0) is 19.1 Å². The van der Waals surface area contributed by atoms with Crippen LogP contribution in [0.15, 0.2) is 59.1 Å². The van der Waals surface area contributed by atoms with Crippen LogP contribution >= 0.6 is 23.1 Å². The minimum absolute atomic E-state index is 0.0275. The number of hydrogen-bond donors (Lipinski definition) is 2. The fourth-order valence-electron chi connectivity index (χ4n) is 3.20. The maximum atomic E-state index is 12.4. The zero-order chi connectivity index (χ0) is 25.7. The number of thiazole rings is 1. The Labute approximate surface area is 214 Å². The van der Waals surface area contributed by atoms with Gasteiger partial charge in [-0.1, -0.05) is 41.6 Å². The standard InChI is InChI=1S/C23H21N7O4S2/c1-14-5-3-7-16(9-14)21(32)24-11-19-27-28-23(29(19)2)36-13-20(31)26-22-25-18(12-35-22)15-6-4-8-17(10-15)30(33)34/h3-10,12H,11,13H2,1-2H3,(H,24,32)(H,25,26,31). The number of aromatic nitrogens is 4. The number of rotatable bonds is 9. The maximum absolute atomic E-state index is 12.4. The molecule has 0 aliphatic heterocycles. The summed E-state index contributed by atoms with van der Waals surface area (Å²) in [5, 5.41) is 27.4. The zero-order valence-electron chi connectivity index (χ0n) is 19.3. The fraction of sp³-hybridized carbons (Fsp3) is 0.174. The molecule has 0 aliphatic carbocycles. The van der Waals surface area contributed by atoms with Crippen LogP contribution in [-0.2, 0) is 18.4 Å². The number of nitro groups is 1. The van der Waals surface area contributed by atoms with Crippen molar-refractivity contribution >= 4 is 45.7 Å². The SMILES string of the molecule is Cc1cccc(C(=O)NCc2nnc(SCC(=O)Nc3nc(-c4cccc([N+](=O)[O-])c4)cs3)n2C)c1. The largest absolute Gasteiger partial charge is 0.345 e. The van der Waals surface area contributed by atoms with Crippen LogP contribution in [0.1, 0.15) is 21.7 Å². The van der Waals surface area contributed by atoms with Gasteiger partial charge >= 0.3 is 0 Å². The molecule has 2 heterocycles. The zero-order valence-corrected chi connectivity index (χ0v) is 20.9. The molecule has 0 saturated heterocycles. The Bertz CT molecular complexity index is 1430. The van der Waals surface area contributed by atoms with E-state index in [-0.39, 0.29) is 29.8 Å². The van der Waals surface area contributed by atoms with E-state index in [1.165, 1.54) is 35.2 Å². The van der Waals surface area contributed by atoms with E-state index < -0.39 is 4.92 Å². The van der Waals surface area contributed by atoms with Gasteiger partial charge in [0.15, 0.2) is 16.1 Å². The number of non-ortho nitro benzene ring substituents is 1. The number of hydrogen-bond acceptors (Lipinski definition) is 9. The Balaban J connectivity index is 1.29. The third kappa shape index (κ3) is 6.12. The highest BCUT2D eigenvalue weighted by Crippen LogP contribution is 2.27. The lowest BCUT2D eigenvalue weighted by molar-refractivity contribution is -0.384. The van der Waals surface area contributed by atoms with Crippen LogP contribution in [0, 0.1) is 17.0 Å². The number of nitrogens with one attached hydrogen (secondary N) is 2. The topological polar surface area (TPSA) is 145 Å². The van der Waals surface area contributed by atoms with Gasteiger partial charge in [0, 0.05) is 35.7 Å². The quantitative estimate of drug-likeness (QED) is 0.191. The average Bonchev–Trinajstić information content (AvgIpc) is 3.47. The number of carbonyl (C=O) groups is 2. The Hall–Kier alpha value is -4.10. The molecule has 11 nitrogen and oxygen atoms in total. The molecule has 0 saturated carbocycles. The van der Waals surface area contributed by atoms with Crippen molar-refractivity contribution < 1.29 is 14.5 Å². The highest BCUT2D eigenvalue weighted by Gasteiger charge is 2.15. The highest BCUT2D eigenvalue weighted by atomic mass is 32.2. The van der Waals surface area contributed by atoms with E-state index in [2.05, 4.69) is 25.8 Å². The lowest BCUT2D eigenvalue weighted by Crippen LogP contribution is -2.24. The summed E-state index contributed by atoms with van der Waals surface area (Å²) >= 11 is 2.43. The van der Waals surface area contributed by atoms with Crippen molar-refractivity contribution in [3.05, 3.63) is 81.0 Å². The molecular formula is C23H21N7O4S2. The van der Waals surface area contributed by atoms with E-state index >= 15 is 0 Å². The second-order valence-corrected chi connectivity index (χ2v) is 9.49. The van der Waals surface area contributed by atoms with Crippen LogP contribution in [-0.4, -0.2) is 42.2 Å². The summed E-state index contributed by atoms with van der Waals surface area (Å²) in [5.41, 5.74) is 2.67. The van der Waals surface area contributed by atoms with Gasteiger partial charge in [-0.15, -0.1) is 21.5 Å². The first kappa shape index (κ1) is 25.0. The Morgan fingerprint density at radius 2 is 1.97 bits per heavy atom. The average molecular weight is 524 g/mol. The summed E-state index contributed by atoms with van der Waals surface area (Å²) in [6.45, 7) is 2.12. The van der Waals surface area contributed by atoms with E-state index in [4.69, 9.17) is 0 Å². The lowest BCUT2D eigenvalue weighted by atomic mass is 10.1. The Morgan fingerprint density at radius 3 is 2.75 bits per heavy atom. The van der Waals surface area contributed by atoms with Gasteiger partial charge in [0.2, 0.25) is 5.91 Å². The summed E-state index contributed by atoms with van der Waals surface area (Å²) in [7, 11) is 1.76. The minimum atomic E-state index is -0.467. The third-order valence-electron chi connectivity index (χ3n) is 5.05. The number of aryl methyl sites for hydroxylation is 1. The number of benzene rings is 2. The van der Waals surface area contributed by atoms with E-state index in [0.29, 0.717) is 32.9 Å². The van der Waals surface area contributed by atoms with Gasteiger partial charge < -0.3 is 15.2 Å². The Kier molecular flexibility index (Phi) is 7.71. The fourth-order valence-corrected chi connectivity index (χ4v) is 4.67. The molecule has 0 radical (unpaired) electrons. The summed E-state index contributed by atoms with van der Waals surface area (Å²) < 4.78 is 1.72. The van der Waals surface area contributed by atoms with Crippen molar-refractivity contribution in [3.8, 4) is 11.3 Å². The molecule has 184 valence electrons. The van der Waals surface area contributed by atoms with E-state index in [9.17, 15) is 19.7 Å². The number of thioether (sulfide) groups is 1. The van der Waals surface area contributed by atoms with Crippen LogP contribution < -0.4 is 10.6 Å². The molecule has 4 aromatic rings. The van der Waals surface area contributed by atoms with Crippen molar-refractivity contribution in [1.82, 2.24) is 25.1 Å². The molecule has 13 heteroatoms. The van der Waals surface area contributed by atoms with E-state index in [0.717, 1.165) is 5.56 Å². The van der Waals surface area contributed by atoms with Crippen molar-refractivity contribution in [1.29, 1.82) is 0 Å². The lowest BCUT2D eigenvalue weighted by Gasteiger charge is -2.06. The first-order chi connectivity index (χ1) is 17.3. The van der Waals surface area contributed by atoms with Gasteiger partial charge in [-0.3, -0.25) is 19.7 Å². The normalized spacial score (nSPS) is 10.7. The number of nitrogens with zero attached hydrogens (tertiary/aromatic N) is 5. The molecule has 0 atom stereocenters. The summed E-state index contributed by atoms with van der Waals surface area (Å²) in [6, 6.07) is 13.5. The molecule has 2 amide bonds. The highest BCUT2D eigenvalue weighted by molar-refractivity contribution is 7.99. The van der Waals surface area contributed by atoms with Crippen LogP contribution in [0.2, 0.25) is 0 Å². The predicted octanol–water partition coefficient (Wildman–Crippen LogP) is 3.82. The Morgan fingerprint density at radius 1 is 1.17 bits per heavy atom. The van der Waals surface area contributed by atoms with Crippen LogP contribution in [0.4, 0.5) is 10.8 Å². The molecule has 36 heavy (non-hydrogen) atoms. The van der Waals surface area contributed by atoms with Gasteiger partial charge in [-0.2, -0.15) is 0 Å². The van der Waals surface area contributed by atoms with Crippen molar-refractivity contribution in [2.24, 2.45) is 7.05 Å². The first-order valence-corrected chi connectivity index (χ1v) is 12.5. The van der Waals surface area contributed by atoms with Crippen LogP contribution in [0.3, 0.4) is 0 Å². The summed E-state index contributed by atoms with van der Waals surface area (Å²) in [4.78, 5) is 39.6. The van der Waals surface area contributed by atoms with Crippen molar-refractivity contribution in [3.63, 3.8) is 0 Å². The molecule has 0 fully saturated rings. The maximum Gasteiger partial charge on any atom is 0.270 e. The van der Waals surface area contributed by atoms with Gasteiger partial charge in [-0.25, -0.2) is 4.98 Å². The summed E-state index contributed by atoms with van der Waals surface area (Å²) in [5.74, 6) is 0.147. The predicted molar refractivity (Wildman–Crippen MR) is 137 cm³/mol. The van der Waals surface area contributed by atoms with Gasteiger partial charge in [0.05, 0.1) is 22.9 Å². The molecule has 2 aromatic heterocycles. The minimum Gasteiger partial charge on any atom is -0.345 e. The number of nitro benzene ring substituents is 1. The second kappa shape index (κ2) is 11.1. The molecule has 0 aliphatic rings. The number of amides is 2. The van der Waals surface area contributed by atoms with Crippen LogP contribution in [0.25, 0.3) is 11.3 Å². The van der Waals surface area contributed by atoms with Crippen molar-refractivity contribution in [2.75, 3.05) is 11.1 Å². The first-order valence-electron chi connectivity index (χ1n) is 10.7. The summed E-state index contributed by atoms with van der Waals surface area (Å²) in [6.07, 6.45) is 0. The van der Waals surface area contributed by atoms with E-state index in [1.807, 2.05) is 19.1 Å². The molecule has 0 bridgehead atoms. The van der Waals surface area contributed by atoms with Crippen LogP contribution in [0.5, 0.6) is 0 Å². The molecule has 0 spiro atoms. The smallest absolute Gasteiger partial charge is 0.270 e. The number of anilines is 1.